The number of fused-ring (bicyclic) bond motifs is 2. The van der Waals surface area contributed by atoms with E-state index in [0.29, 0.717) is 18.5 Å². The minimum atomic E-state index is 0.569. The van der Waals surface area contributed by atoms with Crippen LogP contribution >= 0.6 is 0 Å². The number of nitrogens with zero attached hydrogens (tertiary/aromatic N) is 2. The van der Waals surface area contributed by atoms with E-state index in [9.17, 15) is 0 Å². The summed E-state index contributed by atoms with van der Waals surface area (Å²) in [4.78, 5) is 8.96. The van der Waals surface area contributed by atoms with Crippen LogP contribution in [0.2, 0.25) is 0 Å². The third-order valence-electron chi connectivity index (χ3n) is 4.34. The minimum absolute atomic E-state index is 0.569. The van der Waals surface area contributed by atoms with Gasteiger partial charge in [-0.05, 0) is 44.4 Å². The van der Waals surface area contributed by atoms with Crippen LogP contribution in [0.3, 0.4) is 0 Å². The molecule has 3 rings (SSSR count). The van der Waals surface area contributed by atoms with Gasteiger partial charge in [-0.3, -0.25) is 0 Å². The Morgan fingerprint density at radius 2 is 2.21 bits per heavy atom. The quantitative estimate of drug-likeness (QED) is 0.884. The van der Waals surface area contributed by atoms with Crippen LogP contribution in [0.4, 0.5) is 5.95 Å². The van der Waals surface area contributed by atoms with Gasteiger partial charge in [-0.2, -0.15) is 4.98 Å². The Bertz CT molecular complexity index is 449. The number of nitrogens with one attached hydrogen (secondary N) is 1. The van der Waals surface area contributed by atoms with Gasteiger partial charge in [0.15, 0.2) is 0 Å². The molecule has 19 heavy (non-hydrogen) atoms. The zero-order chi connectivity index (χ0) is 13.2. The molecule has 104 valence electrons. The highest BCUT2D eigenvalue weighted by molar-refractivity contribution is 5.32. The molecule has 1 aromatic heterocycles. The largest absolute Gasteiger partial charge is 0.478 e. The van der Waals surface area contributed by atoms with Crippen LogP contribution < -0.4 is 10.1 Å². The normalized spacial score (nSPS) is 28.6. The summed E-state index contributed by atoms with van der Waals surface area (Å²) in [5.74, 6) is 3.20. The van der Waals surface area contributed by atoms with Gasteiger partial charge in [0.05, 0.1) is 6.61 Å². The third-order valence-corrected chi connectivity index (χ3v) is 4.34. The molecule has 0 amide bonds. The van der Waals surface area contributed by atoms with Crippen molar-refractivity contribution < 1.29 is 4.74 Å². The molecule has 0 aliphatic heterocycles. The molecule has 1 heterocycles. The number of hydrogen-bond acceptors (Lipinski definition) is 4. The van der Waals surface area contributed by atoms with Crippen molar-refractivity contribution in [1.29, 1.82) is 0 Å². The average molecular weight is 261 g/mol. The first-order chi connectivity index (χ1) is 9.24. The summed E-state index contributed by atoms with van der Waals surface area (Å²) in [5.41, 5.74) is 0.965. The maximum atomic E-state index is 5.61. The van der Waals surface area contributed by atoms with Crippen molar-refractivity contribution in [1.82, 2.24) is 9.97 Å². The molecule has 4 heteroatoms. The van der Waals surface area contributed by atoms with Gasteiger partial charge < -0.3 is 10.1 Å². The lowest BCUT2D eigenvalue weighted by Gasteiger charge is -2.23. The number of rotatable bonds is 5. The number of anilines is 1. The van der Waals surface area contributed by atoms with Gasteiger partial charge in [0.2, 0.25) is 11.8 Å². The molecule has 2 fully saturated rings. The summed E-state index contributed by atoms with van der Waals surface area (Å²) >= 11 is 0. The van der Waals surface area contributed by atoms with E-state index in [1.807, 2.05) is 13.0 Å². The molecule has 0 aromatic carbocycles. The topological polar surface area (TPSA) is 47.0 Å². The predicted octanol–water partition coefficient (Wildman–Crippen LogP) is 3.17. The molecule has 3 unspecified atom stereocenters. The van der Waals surface area contributed by atoms with E-state index in [1.165, 1.54) is 25.7 Å². The first-order valence-electron chi connectivity index (χ1n) is 7.49. The van der Waals surface area contributed by atoms with E-state index in [-0.39, 0.29) is 0 Å². The predicted molar refractivity (Wildman–Crippen MR) is 75.4 cm³/mol. The Hall–Kier alpha value is -1.32. The SMILES string of the molecule is CCCOc1cc(C)nc(NC2CC3CCC2C3)n1. The molecule has 3 atom stereocenters. The first kappa shape index (κ1) is 12.7. The summed E-state index contributed by atoms with van der Waals surface area (Å²) in [6.45, 7) is 4.80. The van der Waals surface area contributed by atoms with Gasteiger partial charge in [0.1, 0.15) is 0 Å². The number of ether oxygens (including phenoxy) is 1. The second-order valence-electron chi connectivity index (χ2n) is 5.95. The molecule has 2 aliphatic rings. The second kappa shape index (κ2) is 5.35. The summed E-state index contributed by atoms with van der Waals surface area (Å²) in [7, 11) is 0. The molecule has 0 radical (unpaired) electrons. The Labute approximate surface area is 115 Å². The molecular weight excluding hydrogens is 238 g/mol. The fraction of sp³-hybridized carbons (Fsp3) is 0.733. The van der Waals surface area contributed by atoms with E-state index < -0.39 is 0 Å². The smallest absolute Gasteiger partial charge is 0.226 e. The zero-order valence-electron chi connectivity index (χ0n) is 11.9. The minimum Gasteiger partial charge on any atom is -0.478 e. The molecular formula is C15H23N3O. The number of hydrogen-bond donors (Lipinski definition) is 1. The fourth-order valence-electron chi connectivity index (χ4n) is 3.47. The first-order valence-corrected chi connectivity index (χ1v) is 7.49. The van der Waals surface area contributed by atoms with Crippen molar-refractivity contribution in [3.63, 3.8) is 0 Å². The Kier molecular flexibility index (Phi) is 3.58. The highest BCUT2D eigenvalue weighted by Crippen LogP contribution is 2.45. The van der Waals surface area contributed by atoms with Crippen molar-refractivity contribution in [2.75, 3.05) is 11.9 Å². The van der Waals surface area contributed by atoms with Crippen LogP contribution in [-0.4, -0.2) is 22.6 Å². The summed E-state index contributed by atoms with van der Waals surface area (Å²) in [5, 5.41) is 3.53. The second-order valence-corrected chi connectivity index (χ2v) is 5.95. The molecule has 2 aliphatic carbocycles. The van der Waals surface area contributed by atoms with Gasteiger partial charge in [0.25, 0.3) is 0 Å². The van der Waals surface area contributed by atoms with Crippen molar-refractivity contribution in [3.05, 3.63) is 11.8 Å². The zero-order valence-corrected chi connectivity index (χ0v) is 11.9. The van der Waals surface area contributed by atoms with Crippen LogP contribution in [0.15, 0.2) is 6.07 Å². The number of aryl methyl sites for hydroxylation is 1. The lowest BCUT2D eigenvalue weighted by molar-refractivity contribution is 0.304. The van der Waals surface area contributed by atoms with Gasteiger partial charge in [-0.15, -0.1) is 0 Å². The number of aromatic nitrogens is 2. The highest BCUT2D eigenvalue weighted by atomic mass is 16.5. The highest BCUT2D eigenvalue weighted by Gasteiger charge is 2.39. The maximum Gasteiger partial charge on any atom is 0.226 e. The standard InChI is InChI=1S/C15H23N3O/c1-3-6-19-14-7-10(2)16-15(18-14)17-13-9-11-4-5-12(13)8-11/h7,11-13H,3-6,8-9H2,1-2H3,(H,16,17,18). The van der Waals surface area contributed by atoms with Crippen molar-refractivity contribution >= 4 is 5.95 Å². The lowest BCUT2D eigenvalue weighted by Crippen LogP contribution is -2.27. The Morgan fingerprint density at radius 1 is 1.32 bits per heavy atom. The maximum absolute atomic E-state index is 5.61. The van der Waals surface area contributed by atoms with E-state index in [1.54, 1.807) is 0 Å². The van der Waals surface area contributed by atoms with Crippen LogP contribution in [0.1, 0.15) is 44.7 Å². The molecule has 1 N–H and O–H groups in total. The molecule has 2 saturated carbocycles. The van der Waals surface area contributed by atoms with E-state index >= 15 is 0 Å². The van der Waals surface area contributed by atoms with Gasteiger partial charge in [-0.25, -0.2) is 4.98 Å². The van der Waals surface area contributed by atoms with Crippen LogP contribution in [-0.2, 0) is 0 Å². The van der Waals surface area contributed by atoms with Gasteiger partial charge in [-0.1, -0.05) is 13.3 Å². The lowest BCUT2D eigenvalue weighted by atomic mass is 9.95. The summed E-state index contributed by atoms with van der Waals surface area (Å²) in [6.07, 6.45) is 6.46. The molecule has 1 aromatic rings. The van der Waals surface area contributed by atoms with Crippen molar-refractivity contribution in [2.45, 2.75) is 52.0 Å². The van der Waals surface area contributed by atoms with Gasteiger partial charge >= 0.3 is 0 Å². The van der Waals surface area contributed by atoms with Crippen LogP contribution in [0, 0.1) is 18.8 Å². The Morgan fingerprint density at radius 3 is 2.89 bits per heavy atom. The monoisotopic (exact) mass is 261 g/mol. The fourth-order valence-corrected chi connectivity index (χ4v) is 3.47. The third kappa shape index (κ3) is 2.82. The van der Waals surface area contributed by atoms with Gasteiger partial charge in [0, 0.05) is 17.8 Å². The van der Waals surface area contributed by atoms with E-state index in [4.69, 9.17) is 4.74 Å². The molecule has 0 saturated heterocycles. The summed E-state index contributed by atoms with van der Waals surface area (Å²) in [6, 6.07) is 2.47. The van der Waals surface area contributed by atoms with Crippen molar-refractivity contribution in [2.24, 2.45) is 11.8 Å². The van der Waals surface area contributed by atoms with E-state index in [2.05, 4.69) is 22.2 Å². The average Bonchev–Trinajstić information content (AvgIpc) is 2.98. The molecule has 2 bridgehead atoms. The summed E-state index contributed by atoms with van der Waals surface area (Å²) < 4.78 is 5.61. The van der Waals surface area contributed by atoms with Crippen LogP contribution in [0.5, 0.6) is 5.88 Å². The van der Waals surface area contributed by atoms with Crippen molar-refractivity contribution in [3.8, 4) is 5.88 Å². The van der Waals surface area contributed by atoms with Crippen LogP contribution in [0.25, 0.3) is 0 Å². The molecule has 0 spiro atoms. The van der Waals surface area contributed by atoms with E-state index in [0.717, 1.165) is 29.9 Å². The Balaban J connectivity index is 1.68. The molecule has 4 nitrogen and oxygen atoms in total.